The number of halogens is 1. The Morgan fingerprint density at radius 2 is 2.04 bits per heavy atom. The van der Waals surface area contributed by atoms with Crippen molar-refractivity contribution < 1.29 is 14.7 Å². The fourth-order valence-electron chi connectivity index (χ4n) is 2.19. The Bertz CT molecular complexity index is 700. The first-order chi connectivity index (χ1) is 11.5. The second kappa shape index (κ2) is 8.80. The Balaban J connectivity index is 1.97. The molecule has 2 rings (SSSR count). The van der Waals surface area contributed by atoms with Gasteiger partial charge >= 0.3 is 5.97 Å². The van der Waals surface area contributed by atoms with Gasteiger partial charge in [-0.1, -0.05) is 43.5 Å². The van der Waals surface area contributed by atoms with E-state index >= 15 is 0 Å². The van der Waals surface area contributed by atoms with E-state index in [1.165, 1.54) is 11.3 Å². The van der Waals surface area contributed by atoms with Gasteiger partial charge in [-0.25, -0.2) is 9.78 Å². The number of carboxylic acid groups (broad SMARTS) is 1. The predicted molar refractivity (Wildman–Crippen MR) is 95.4 cm³/mol. The number of nitrogens with zero attached hydrogens (tertiary/aromatic N) is 1. The SMILES string of the molecule is CCCC[C@H](NC(=O)Cc1csc(-c2ccc(Cl)cc2)n1)C(=O)O. The summed E-state index contributed by atoms with van der Waals surface area (Å²) in [5.41, 5.74) is 1.56. The zero-order chi connectivity index (χ0) is 17.5. The number of nitrogens with one attached hydrogen (secondary N) is 1. The van der Waals surface area contributed by atoms with Gasteiger partial charge in [0.05, 0.1) is 12.1 Å². The number of hydrogen-bond acceptors (Lipinski definition) is 4. The van der Waals surface area contributed by atoms with Gasteiger partial charge in [0.1, 0.15) is 11.0 Å². The van der Waals surface area contributed by atoms with Crippen molar-refractivity contribution in [2.75, 3.05) is 0 Å². The monoisotopic (exact) mass is 366 g/mol. The molecule has 2 N–H and O–H groups in total. The van der Waals surface area contributed by atoms with Crippen molar-refractivity contribution in [1.82, 2.24) is 10.3 Å². The summed E-state index contributed by atoms with van der Waals surface area (Å²) in [5, 5.41) is 15.0. The van der Waals surface area contributed by atoms with E-state index in [1.54, 1.807) is 12.1 Å². The molecular formula is C17H19ClN2O3S. The molecule has 0 bridgehead atoms. The average molecular weight is 367 g/mol. The van der Waals surface area contributed by atoms with Crippen LogP contribution < -0.4 is 5.32 Å². The van der Waals surface area contributed by atoms with Crippen molar-refractivity contribution in [2.24, 2.45) is 0 Å². The van der Waals surface area contributed by atoms with Gasteiger partial charge in [-0.2, -0.15) is 0 Å². The molecule has 5 nitrogen and oxygen atoms in total. The third kappa shape index (κ3) is 5.32. The van der Waals surface area contributed by atoms with E-state index in [2.05, 4.69) is 10.3 Å². The first-order valence-corrected chi connectivity index (χ1v) is 8.98. The molecule has 0 aliphatic rings. The molecule has 24 heavy (non-hydrogen) atoms. The molecule has 128 valence electrons. The second-order valence-corrected chi connectivity index (χ2v) is 6.72. The van der Waals surface area contributed by atoms with Crippen LogP contribution in [0.3, 0.4) is 0 Å². The largest absolute Gasteiger partial charge is 0.480 e. The van der Waals surface area contributed by atoms with Crippen LogP contribution in [0.1, 0.15) is 31.9 Å². The molecule has 7 heteroatoms. The number of carboxylic acids is 1. The number of amides is 1. The lowest BCUT2D eigenvalue weighted by Gasteiger charge is -2.13. The Hall–Kier alpha value is -1.92. The van der Waals surface area contributed by atoms with Gasteiger partial charge in [-0.05, 0) is 18.6 Å². The minimum absolute atomic E-state index is 0.0694. The second-order valence-electron chi connectivity index (χ2n) is 5.43. The Morgan fingerprint density at radius 1 is 1.33 bits per heavy atom. The standard InChI is InChI=1S/C17H19ClN2O3S/c1-2-3-4-14(17(22)23)20-15(21)9-13-10-24-16(19-13)11-5-7-12(18)8-6-11/h5-8,10,14H,2-4,9H2,1H3,(H,20,21)(H,22,23)/t14-/m0/s1. The molecular weight excluding hydrogens is 348 g/mol. The molecule has 1 aromatic carbocycles. The number of carbonyl (C=O) groups excluding carboxylic acids is 1. The minimum atomic E-state index is -1.00. The van der Waals surface area contributed by atoms with Crippen molar-refractivity contribution in [2.45, 2.75) is 38.6 Å². The summed E-state index contributed by atoms with van der Waals surface area (Å²) < 4.78 is 0. The molecule has 1 aromatic heterocycles. The molecule has 2 aromatic rings. The summed E-state index contributed by atoms with van der Waals surface area (Å²) in [6.45, 7) is 1.98. The highest BCUT2D eigenvalue weighted by Crippen LogP contribution is 2.25. The topological polar surface area (TPSA) is 79.3 Å². The van der Waals surface area contributed by atoms with Crippen LogP contribution in [0.15, 0.2) is 29.6 Å². The Labute approximate surface area is 149 Å². The van der Waals surface area contributed by atoms with Gasteiger partial charge in [0.2, 0.25) is 5.91 Å². The third-order valence-electron chi connectivity index (χ3n) is 3.46. The molecule has 0 aliphatic heterocycles. The van der Waals surface area contributed by atoms with E-state index in [4.69, 9.17) is 16.7 Å². The molecule has 0 fully saturated rings. The summed E-state index contributed by atoms with van der Waals surface area (Å²) in [4.78, 5) is 27.7. The predicted octanol–water partition coefficient (Wildman–Crippen LogP) is 3.77. The lowest BCUT2D eigenvalue weighted by molar-refractivity contribution is -0.142. The van der Waals surface area contributed by atoms with Crippen molar-refractivity contribution in [3.05, 3.63) is 40.4 Å². The quantitative estimate of drug-likeness (QED) is 0.745. The fourth-order valence-corrected chi connectivity index (χ4v) is 3.14. The zero-order valence-electron chi connectivity index (χ0n) is 13.3. The number of hydrogen-bond donors (Lipinski definition) is 2. The van der Waals surface area contributed by atoms with Crippen LogP contribution in [-0.2, 0) is 16.0 Å². The number of benzene rings is 1. The molecule has 1 amide bonds. The minimum Gasteiger partial charge on any atom is -0.480 e. The molecule has 0 spiro atoms. The highest BCUT2D eigenvalue weighted by molar-refractivity contribution is 7.13. The van der Waals surface area contributed by atoms with Crippen LogP contribution in [0.4, 0.5) is 0 Å². The summed E-state index contributed by atoms with van der Waals surface area (Å²) in [5.74, 6) is -1.33. The number of unbranched alkanes of at least 4 members (excludes halogenated alkanes) is 1. The van der Waals surface area contributed by atoms with Crippen LogP contribution in [0.25, 0.3) is 10.6 Å². The van der Waals surface area contributed by atoms with Crippen LogP contribution in [0, 0.1) is 0 Å². The van der Waals surface area contributed by atoms with Gasteiger partial charge < -0.3 is 10.4 Å². The molecule has 0 radical (unpaired) electrons. The molecule has 0 saturated carbocycles. The number of aliphatic carboxylic acids is 1. The molecule has 0 saturated heterocycles. The maximum Gasteiger partial charge on any atom is 0.326 e. The van der Waals surface area contributed by atoms with E-state index in [0.717, 1.165) is 23.4 Å². The van der Waals surface area contributed by atoms with Crippen LogP contribution in [-0.4, -0.2) is 28.0 Å². The summed E-state index contributed by atoms with van der Waals surface area (Å²) in [6.07, 6.45) is 2.15. The van der Waals surface area contributed by atoms with Crippen LogP contribution in [0.5, 0.6) is 0 Å². The van der Waals surface area contributed by atoms with Crippen molar-refractivity contribution >= 4 is 34.8 Å². The lowest BCUT2D eigenvalue weighted by Crippen LogP contribution is -2.41. The van der Waals surface area contributed by atoms with Gasteiger partial charge in [-0.3, -0.25) is 4.79 Å². The maximum atomic E-state index is 12.1. The van der Waals surface area contributed by atoms with Gasteiger partial charge in [0.25, 0.3) is 0 Å². The molecule has 0 aliphatic carbocycles. The van der Waals surface area contributed by atoms with Crippen LogP contribution in [0.2, 0.25) is 5.02 Å². The Kier molecular flexibility index (Phi) is 6.75. The van der Waals surface area contributed by atoms with E-state index in [-0.39, 0.29) is 12.3 Å². The number of thiazole rings is 1. The normalized spacial score (nSPS) is 11.9. The first kappa shape index (κ1) is 18.4. The Morgan fingerprint density at radius 3 is 2.67 bits per heavy atom. The van der Waals surface area contributed by atoms with E-state index in [1.807, 2.05) is 24.4 Å². The summed E-state index contributed by atoms with van der Waals surface area (Å²) in [6, 6.07) is 6.48. The van der Waals surface area contributed by atoms with E-state index in [9.17, 15) is 9.59 Å². The summed E-state index contributed by atoms with van der Waals surface area (Å²) >= 11 is 7.30. The van der Waals surface area contributed by atoms with E-state index < -0.39 is 12.0 Å². The highest BCUT2D eigenvalue weighted by Gasteiger charge is 2.19. The first-order valence-electron chi connectivity index (χ1n) is 7.72. The fraction of sp³-hybridized carbons (Fsp3) is 0.353. The van der Waals surface area contributed by atoms with Gasteiger partial charge in [0.15, 0.2) is 0 Å². The lowest BCUT2D eigenvalue weighted by atomic mass is 10.1. The number of carbonyl (C=O) groups is 2. The average Bonchev–Trinajstić information content (AvgIpc) is 3.00. The van der Waals surface area contributed by atoms with Crippen LogP contribution >= 0.6 is 22.9 Å². The molecule has 1 heterocycles. The highest BCUT2D eigenvalue weighted by atomic mass is 35.5. The third-order valence-corrected chi connectivity index (χ3v) is 4.66. The van der Waals surface area contributed by atoms with E-state index in [0.29, 0.717) is 17.1 Å². The van der Waals surface area contributed by atoms with Crippen molar-refractivity contribution in [3.8, 4) is 10.6 Å². The van der Waals surface area contributed by atoms with Crippen molar-refractivity contribution in [3.63, 3.8) is 0 Å². The number of rotatable bonds is 8. The molecule has 1 atom stereocenters. The van der Waals surface area contributed by atoms with Crippen molar-refractivity contribution in [1.29, 1.82) is 0 Å². The van der Waals surface area contributed by atoms with Gasteiger partial charge in [0, 0.05) is 16.0 Å². The maximum absolute atomic E-state index is 12.1. The van der Waals surface area contributed by atoms with Gasteiger partial charge in [-0.15, -0.1) is 11.3 Å². The molecule has 0 unspecified atom stereocenters. The zero-order valence-corrected chi connectivity index (χ0v) is 14.9. The summed E-state index contributed by atoms with van der Waals surface area (Å²) in [7, 11) is 0. The number of aromatic nitrogens is 1. The smallest absolute Gasteiger partial charge is 0.326 e.